The molecule has 2 heterocycles. The number of carbonyl (C=O) groups is 1. The molecule has 0 aliphatic rings. The second-order valence-corrected chi connectivity index (χ2v) is 8.95. The number of nitrogens with zero attached hydrogens (tertiary/aromatic N) is 3. The van der Waals surface area contributed by atoms with Crippen LogP contribution in [0.3, 0.4) is 0 Å². The first-order valence-electron chi connectivity index (χ1n) is 11.0. The summed E-state index contributed by atoms with van der Waals surface area (Å²) in [6.07, 6.45) is 0.0995. The number of aromatic nitrogens is 3. The Balaban J connectivity index is 1.39. The molecule has 0 radical (unpaired) electrons. The molecule has 5 aromatic rings. The summed E-state index contributed by atoms with van der Waals surface area (Å²) in [7, 11) is 0. The number of hydrogen-bond donors (Lipinski definition) is 1. The highest BCUT2D eigenvalue weighted by atomic mass is 32.1. The van der Waals surface area contributed by atoms with Crippen molar-refractivity contribution in [1.29, 1.82) is 0 Å². The standard InChI is InChI=1S/C27H21FN4O2S/c28-20-12-10-19(11-13-20)27-29-21(17-35-27)14-25(33)32(15-18-6-2-1-3-7-18)16-24-30-23-9-5-4-8-22(23)26(34)31-24/h1-13,17H,14-16H2,(H,30,31,34). The molecular formula is C27H21FN4O2S. The van der Waals surface area contributed by atoms with Crippen LogP contribution >= 0.6 is 11.3 Å². The van der Waals surface area contributed by atoms with Gasteiger partial charge in [0.25, 0.3) is 5.56 Å². The van der Waals surface area contributed by atoms with E-state index in [4.69, 9.17) is 0 Å². The molecule has 3 aromatic carbocycles. The Labute approximate surface area is 204 Å². The van der Waals surface area contributed by atoms with E-state index in [1.54, 1.807) is 35.2 Å². The molecule has 0 unspecified atom stereocenters. The van der Waals surface area contributed by atoms with Crippen molar-refractivity contribution in [3.05, 3.63) is 117 Å². The van der Waals surface area contributed by atoms with E-state index < -0.39 is 0 Å². The molecule has 8 heteroatoms. The Morgan fingerprint density at radius 3 is 2.46 bits per heavy atom. The van der Waals surface area contributed by atoms with E-state index in [1.165, 1.54) is 23.5 Å². The number of amides is 1. The average molecular weight is 485 g/mol. The molecule has 35 heavy (non-hydrogen) atoms. The lowest BCUT2D eigenvalue weighted by Gasteiger charge is -2.22. The molecule has 2 aromatic heterocycles. The van der Waals surface area contributed by atoms with Gasteiger partial charge in [0.15, 0.2) is 0 Å². The van der Waals surface area contributed by atoms with Crippen LogP contribution in [0.4, 0.5) is 4.39 Å². The molecule has 0 bridgehead atoms. The summed E-state index contributed by atoms with van der Waals surface area (Å²) in [4.78, 5) is 39.5. The van der Waals surface area contributed by atoms with Crippen LogP contribution in [0.25, 0.3) is 21.5 Å². The molecule has 0 atom stereocenters. The zero-order valence-corrected chi connectivity index (χ0v) is 19.5. The third-order valence-corrected chi connectivity index (χ3v) is 6.49. The van der Waals surface area contributed by atoms with E-state index in [1.807, 2.05) is 41.8 Å². The van der Waals surface area contributed by atoms with Gasteiger partial charge in [0.05, 0.1) is 29.6 Å². The zero-order valence-electron chi connectivity index (χ0n) is 18.6. The lowest BCUT2D eigenvalue weighted by Crippen LogP contribution is -2.33. The number of aromatic amines is 1. The second kappa shape index (κ2) is 9.99. The summed E-state index contributed by atoms with van der Waals surface area (Å²) < 4.78 is 13.2. The molecule has 0 saturated heterocycles. The van der Waals surface area contributed by atoms with Crippen LogP contribution in [0.2, 0.25) is 0 Å². The SMILES string of the molecule is O=C(Cc1csc(-c2ccc(F)cc2)n1)N(Cc1ccccc1)Cc1nc2ccccc2c(=O)[nH]1. The van der Waals surface area contributed by atoms with E-state index in [-0.39, 0.29) is 30.2 Å². The first-order chi connectivity index (χ1) is 17.0. The maximum atomic E-state index is 13.4. The van der Waals surface area contributed by atoms with E-state index >= 15 is 0 Å². The van der Waals surface area contributed by atoms with E-state index in [0.29, 0.717) is 29.0 Å². The Morgan fingerprint density at radius 2 is 1.66 bits per heavy atom. The summed E-state index contributed by atoms with van der Waals surface area (Å²) in [5.41, 5.74) is 2.75. The van der Waals surface area contributed by atoms with Gasteiger partial charge in [0.1, 0.15) is 16.6 Å². The lowest BCUT2D eigenvalue weighted by atomic mass is 10.2. The van der Waals surface area contributed by atoms with Gasteiger partial charge in [-0.15, -0.1) is 11.3 Å². The number of halogens is 1. The van der Waals surface area contributed by atoms with Gasteiger partial charge < -0.3 is 9.88 Å². The Morgan fingerprint density at radius 1 is 0.914 bits per heavy atom. The van der Waals surface area contributed by atoms with Gasteiger partial charge in [-0.05, 0) is 42.0 Å². The number of fused-ring (bicyclic) bond motifs is 1. The number of thiazole rings is 1. The van der Waals surface area contributed by atoms with Crippen LogP contribution in [-0.2, 0) is 24.3 Å². The molecule has 1 amide bonds. The number of benzene rings is 3. The van der Waals surface area contributed by atoms with Crippen molar-refractivity contribution in [2.45, 2.75) is 19.5 Å². The molecule has 0 saturated carbocycles. The smallest absolute Gasteiger partial charge is 0.258 e. The van der Waals surface area contributed by atoms with Crippen LogP contribution in [0.5, 0.6) is 0 Å². The van der Waals surface area contributed by atoms with Crippen molar-refractivity contribution < 1.29 is 9.18 Å². The molecule has 174 valence electrons. The summed E-state index contributed by atoms with van der Waals surface area (Å²) in [5, 5.41) is 3.07. The number of carbonyl (C=O) groups excluding carboxylic acids is 1. The number of nitrogens with one attached hydrogen (secondary N) is 1. The van der Waals surface area contributed by atoms with Crippen LogP contribution in [0.1, 0.15) is 17.1 Å². The van der Waals surface area contributed by atoms with Gasteiger partial charge in [0, 0.05) is 17.5 Å². The number of rotatable bonds is 7. The van der Waals surface area contributed by atoms with E-state index in [9.17, 15) is 14.0 Å². The highest BCUT2D eigenvalue weighted by Gasteiger charge is 2.19. The fourth-order valence-corrected chi connectivity index (χ4v) is 4.63. The van der Waals surface area contributed by atoms with Crippen LogP contribution in [0, 0.1) is 5.82 Å². The Bertz CT molecular complexity index is 1530. The second-order valence-electron chi connectivity index (χ2n) is 8.09. The molecule has 0 fully saturated rings. The summed E-state index contributed by atoms with van der Waals surface area (Å²) in [5.74, 6) is -0.0264. The zero-order chi connectivity index (χ0) is 24.2. The van der Waals surface area contributed by atoms with Crippen LogP contribution < -0.4 is 5.56 Å². The maximum absolute atomic E-state index is 13.4. The van der Waals surface area contributed by atoms with Crippen molar-refractivity contribution in [1.82, 2.24) is 19.9 Å². The largest absolute Gasteiger partial charge is 0.331 e. The molecule has 0 aliphatic heterocycles. The van der Waals surface area contributed by atoms with Crippen LogP contribution in [0.15, 0.2) is 89.0 Å². The fraction of sp³-hybridized carbons (Fsp3) is 0.111. The molecule has 1 N–H and O–H groups in total. The van der Waals surface area contributed by atoms with Crippen LogP contribution in [-0.4, -0.2) is 25.8 Å². The monoisotopic (exact) mass is 484 g/mol. The molecule has 0 spiro atoms. The molecular weight excluding hydrogens is 463 g/mol. The fourth-order valence-electron chi connectivity index (χ4n) is 3.81. The van der Waals surface area contributed by atoms with Gasteiger partial charge in [-0.25, -0.2) is 14.4 Å². The normalized spacial score (nSPS) is 11.0. The van der Waals surface area contributed by atoms with Crippen molar-refractivity contribution in [3.63, 3.8) is 0 Å². The summed E-state index contributed by atoms with van der Waals surface area (Å²) in [6, 6.07) is 22.9. The van der Waals surface area contributed by atoms with Gasteiger partial charge in [-0.1, -0.05) is 42.5 Å². The highest BCUT2D eigenvalue weighted by Crippen LogP contribution is 2.24. The summed E-state index contributed by atoms with van der Waals surface area (Å²) in [6.45, 7) is 0.522. The molecule has 6 nitrogen and oxygen atoms in total. The predicted molar refractivity (Wildman–Crippen MR) is 134 cm³/mol. The van der Waals surface area contributed by atoms with Gasteiger partial charge in [-0.2, -0.15) is 0 Å². The Hall–Kier alpha value is -4.17. The minimum atomic E-state index is -0.308. The number of H-pyrrole nitrogens is 1. The quantitative estimate of drug-likeness (QED) is 0.354. The first kappa shape index (κ1) is 22.6. The van der Waals surface area contributed by atoms with Crippen molar-refractivity contribution in [2.75, 3.05) is 0 Å². The molecule has 0 aliphatic carbocycles. The molecule has 5 rings (SSSR count). The maximum Gasteiger partial charge on any atom is 0.258 e. The van der Waals surface area contributed by atoms with E-state index in [0.717, 1.165) is 16.1 Å². The Kier molecular flexibility index (Phi) is 6.45. The number of hydrogen-bond acceptors (Lipinski definition) is 5. The minimum absolute atomic E-state index is 0.0995. The lowest BCUT2D eigenvalue weighted by molar-refractivity contribution is -0.131. The predicted octanol–water partition coefficient (Wildman–Crippen LogP) is 4.96. The van der Waals surface area contributed by atoms with Crippen molar-refractivity contribution in [2.24, 2.45) is 0 Å². The summed E-state index contributed by atoms with van der Waals surface area (Å²) >= 11 is 1.41. The van der Waals surface area contributed by atoms with Crippen molar-refractivity contribution >= 4 is 28.1 Å². The minimum Gasteiger partial charge on any atom is -0.331 e. The highest BCUT2D eigenvalue weighted by molar-refractivity contribution is 7.13. The third-order valence-electron chi connectivity index (χ3n) is 5.55. The average Bonchev–Trinajstić information content (AvgIpc) is 3.33. The number of para-hydroxylation sites is 1. The first-order valence-corrected chi connectivity index (χ1v) is 11.9. The van der Waals surface area contributed by atoms with E-state index in [2.05, 4.69) is 15.0 Å². The van der Waals surface area contributed by atoms with Gasteiger partial charge in [0.2, 0.25) is 5.91 Å². The topological polar surface area (TPSA) is 79.0 Å². The van der Waals surface area contributed by atoms with Crippen molar-refractivity contribution in [3.8, 4) is 10.6 Å². The third kappa shape index (κ3) is 5.33. The van der Waals surface area contributed by atoms with Gasteiger partial charge in [-0.3, -0.25) is 9.59 Å². The van der Waals surface area contributed by atoms with Gasteiger partial charge >= 0.3 is 0 Å².